The Kier molecular flexibility index (Phi) is 4.14. The second-order valence-electron chi connectivity index (χ2n) is 6.44. The van der Waals surface area contributed by atoms with E-state index in [-0.39, 0.29) is 0 Å². The lowest BCUT2D eigenvalue weighted by molar-refractivity contribution is 0.192. The molecule has 2 aromatic carbocycles. The Hall–Kier alpha value is -2.10. The molecular formula is C20H23N3. The van der Waals surface area contributed by atoms with Crippen LogP contribution in [-0.2, 0) is 13.0 Å². The molecule has 118 valence electrons. The lowest BCUT2D eigenvalue weighted by atomic mass is 10.0. The van der Waals surface area contributed by atoms with E-state index in [9.17, 15) is 0 Å². The van der Waals surface area contributed by atoms with Crippen LogP contribution in [0.25, 0.3) is 10.9 Å². The SMILES string of the molecule is c1ccc(CN2CCN[C@H](Cc3c[nH]c4ccccc34)C2)cc1. The fourth-order valence-electron chi connectivity index (χ4n) is 3.58. The van der Waals surface area contributed by atoms with Crippen LogP contribution in [0.5, 0.6) is 0 Å². The number of fused-ring (bicyclic) bond motifs is 1. The van der Waals surface area contributed by atoms with Gasteiger partial charge in [-0.3, -0.25) is 4.90 Å². The maximum absolute atomic E-state index is 3.68. The van der Waals surface area contributed by atoms with Gasteiger partial charge in [0.1, 0.15) is 0 Å². The van der Waals surface area contributed by atoms with Crippen LogP contribution in [-0.4, -0.2) is 35.6 Å². The molecule has 3 aromatic rings. The van der Waals surface area contributed by atoms with Gasteiger partial charge < -0.3 is 10.3 Å². The van der Waals surface area contributed by atoms with E-state index in [0.29, 0.717) is 6.04 Å². The molecule has 23 heavy (non-hydrogen) atoms. The standard InChI is InChI=1S/C20H23N3/c1-2-6-16(7-3-1)14-23-11-10-21-18(15-23)12-17-13-22-20-9-5-4-8-19(17)20/h1-9,13,18,21-22H,10-12,14-15H2/t18-/m1/s1. The highest BCUT2D eigenvalue weighted by atomic mass is 15.2. The highest BCUT2D eigenvalue weighted by Gasteiger charge is 2.20. The van der Waals surface area contributed by atoms with Gasteiger partial charge in [-0.15, -0.1) is 0 Å². The summed E-state index contributed by atoms with van der Waals surface area (Å²) in [4.78, 5) is 5.95. The molecule has 0 amide bonds. The van der Waals surface area contributed by atoms with E-state index in [4.69, 9.17) is 0 Å². The smallest absolute Gasteiger partial charge is 0.0456 e. The monoisotopic (exact) mass is 305 g/mol. The predicted octanol–water partition coefficient (Wildman–Crippen LogP) is 3.18. The van der Waals surface area contributed by atoms with Gasteiger partial charge in [-0.25, -0.2) is 0 Å². The number of H-pyrrole nitrogens is 1. The first kappa shape index (κ1) is 14.5. The second-order valence-corrected chi connectivity index (χ2v) is 6.44. The quantitative estimate of drug-likeness (QED) is 0.775. The molecule has 0 aliphatic carbocycles. The summed E-state index contributed by atoms with van der Waals surface area (Å²) in [5, 5.41) is 5.04. The van der Waals surface area contributed by atoms with Crippen molar-refractivity contribution in [1.82, 2.24) is 15.2 Å². The van der Waals surface area contributed by atoms with E-state index in [0.717, 1.165) is 32.6 Å². The summed E-state index contributed by atoms with van der Waals surface area (Å²) in [5.74, 6) is 0. The van der Waals surface area contributed by atoms with Crippen molar-refractivity contribution in [3.8, 4) is 0 Å². The van der Waals surface area contributed by atoms with Crippen LogP contribution in [0, 0.1) is 0 Å². The lowest BCUT2D eigenvalue weighted by Crippen LogP contribution is -2.51. The maximum atomic E-state index is 3.68. The normalized spacial score (nSPS) is 19.2. The molecule has 0 bridgehead atoms. The number of rotatable bonds is 4. The van der Waals surface area contributed by atoms with E-state index < -0.39 is 0 Å². The zero-order chi connectivity index (χ0) is 15.5. The first-order chi connectivity index (χ1) is 11.4. The van der Waals surface area contributed by atoms with Crippen LogP contribution in [0.15, 0.2) is 60.8 Å². The molecule has 4 rings (SSSR count). The van der Waals surface area contributed by atoms with Gasteiger partial charge in [0.15, 0.2) is 0 Å². The van der Waals surface area contributed by atoms with Crippen LogP contribution < -0.4 is 5.32 Å². The number of hydrogen-bond donors (Lipinski definition) is 2. The molecular weight excluding hydrogens is 282 g/mol. The molecule has 2 heterocycles. The molecule has 2 N–H and O–H groups in total. The number of nitrogens with zero attached hydrogens (tertiary/aromatic N) is 1. The van der Waals surface area contributed by atoms with Crippen molar-refractivity contribution in [3.05, 3.63) is 71.9 Å². The molecule has 3 nitrogen and oxygen atoms in total. The Morgan fingerprint density at radius 3 is 2.74 bits per heavy atom. The number of nitrogens with one attached hydrogen (secondary N) is 2. The molecule has 1 aliphatic rings. The topological polar surface area (TPSA) is 31.1 Å². The third-order valence-electron chi connectivity index (χ3n) is 4.73. The first-order valence-electron chi connectivity index (χ1n) is 8.43. The Bertz CT molecular complexity index is 763. The molecule has 1 aliphatic heterocycles. The predicted molar refractivity (Wildman–Crippen MR) is 95.5 cm³/mol. The number of aromatic amines is 1. The van der Waals surface area contributed by atoms with Gasteiger partial charge in [0, 0.05) is 49.3 Å². The minimum atomic E-state index is 0.520. The number of para-hydroxylation sites is 1. The summed E-state index contributed by atoms with van der Waals surface area (Å²) in [6.07, 6.45) is 3.25. The first-order valence-corrected chi connectivity index (χ1v) is 8.43. The van der Waals surface area contributed by atoms with Crippen molar-refractivity contribution >= 4 is 10.9 Å². The minimum Gasteiger partial charge on any atom is -0.361 e. The molecule has 1 aromatic heterocycles. The minimum absolute atomic E-state index is 0.520. The van der Waals surface area contributed by atoms with Gasteiger partial charge in [-0.05, 0) is 23.6 Å². The largest absolute Gasteiger partial charge is 0.361 e. The third-order valence-corrected chi connectivity index (χ3v) is 4.73. The van der Waals surface area contributed by atoms with Crippen molar-refractivity contribution in [2.75, 3.05) is 19.6 Å². The Morgan fingerprint density at radius 2 is 1.83 bits per heavy atom. The molecule has 1 saturated heterocycles. The molecule has 0 saturated carbocycles. The van der Waals surface area contributed by atoms with Gasteiger partial charge in [0.2, 0.25) is 0 Å². The van der Waals surface area contributed by atoms with Gasteiger partial charge in [-0.2, -0.15) is 0 Å². The summed E-state index contributed by atoms with van der Waals surface area (Å²) >= 11 is 0. The zero-order valence-corrected chi connectivity index (χ0v) is 13.3. The Labute approximate surface area is 137 Å². The zero-order valence-electron chi connectivity index (χ0n) is 13.3. The van der Waals surface area contributed by atoms with Crippen LogP contribution in [0.4, 0.5) is 0 Å². The summed E-state index contributed by atoms with van der Waals surface area (Å²) in [6, 6.07) is 19.9. The second kappa shape index (κ2) is 6.57. The highest BCUT2D eigenvalue weighted by Crippen LogP contribution is 2.20. The van der Waals surface area contributed by atoms with E-state index >= 15 is 0 Å². The molecule has 3 heteroatoms. The van der Waals surface area contributed by atoms with Gasteiger partial charge >= 0.3 is 0 Å². The summed E-state index contributed by atoms with van der Waals surface area (Å²) in [6.45, 7) is 4.35. The van der Waals surface area contributed by atoms with Gasteiger partial charge in [0.25, 0.3) is 0 Å². The summed E-state index contributed by atoms with van der Waals surface area (Å²) in [5.41, 5.74) is 4.05. The highest BCUT2D eigenvalue weighted by molar-refractivity contribution is 5.83. The Balaban J connectivity index is 1.43. The summed E-state index contributed by atoms with van der Waals surface area (Å²) in [7, 11) is 0. The van der Waals surface area contributed by atoms with Crippen molar-refractivity contribution in [1.29, 1.82) is 0 Å². The number of aromatic nitrogens is 1. The van der Waals surface area contributed by atoms with E-state index in [1.807, 2.05) is 0 Å². The van der Waals surface area contributed by atoms with Crippen LogP contribution in [0.2, 0.25) is 0 Å². The van der Waals surface area contributed by atoms with Crippen LogP contribution in [0.1, 0.15) is 11.1 Å². The molecule has 0 radical (unpaired) electrons. The van der Waals surface area contributed by atoms with Crippen molar-refractivity contribution in [3.63, 3.8) is 0 Å². The average molecular weight is 305 g/mol. The van der Waals surface area contributed by atoms with Crippen molar-refractivity contribution < 1.29 is 0 Å². The van der Waals surface area contributed by atoms with E-state index in [1.165, 1.54) is 22.0 Å². The molecule has 1 atom stereocenters. The summed E-state index contributed by atoms with van der Waals surface area (Å²) < 4.78 is 0. The lowest BCUT2D eigenvalue weighted by Gasteiger charge is -2.33. The molecule has 0 unspecified atom stereocenters. The fourth-order valence-corrected chi connectivity index (χ4v) is 3.58. The van der Waals surface area contributed by atoms with Crippen molar-refractivity contribution in [2.45, 2.75) is 19.0 Å². The Morgan fingerprint density at radius 1 is 1.00 bits per heavy atom. The number of piperazine rings is 1. The van der Waals surface area contributed by atoms with E-state index in [1.54, 1.807) is 0 Å². The van der Waals surface area contributed by atoms with Crippen LogP contribution in [0.3, 0.4) is 0 Å². The van der Waals surface area contributed by atoms with Crippen LogP contribution >= 0.6 is 0 Å². The third kappa shape index (κ3) is 3.31. The molecule has 0 spiro atoms. The van der Waals surface area contributed by atoms with Crippen molar-refractivity contribution in [2.24, 2.45) is 0 Å². The van der Waals surface area contributed by atoms with Gasteiger partial charge in [-0.1, -0.05) is 48.5 Å². The number of benzene rings is 2. The van der Waals surface area contributed by atoms with Gasteiger partial charge in [0.05, 0.1) is 0 Å². The fraction of sp³-hybridized carbons (Fsp3) is 0.300. The molecule has 1 fully saturated rings. The number of hydrogen-bond acceptors (Lipinski definition) is 2. The maximum Gasteiger partial charge on any atom is 0.0456 e. The van der Waals surface area contributed by atoms with E-state index in [2.05, 4.69) is 76.0 Å². The average Bonchev–Trinajstić information content (AvgIpc) is 2.99.